The number of alkyl halides is 3. The van der Waals surface area contributed by atoms with Crippen molar-refractivity contribution in [1.29, 1.82) is 0 Å². The highest BCUT2D eigenvalue weighted by Crippen LogP contribution is 2.31. The molecule has 0 aliphatic carbocycles. The van der Waals surface area contributed by atoms with Crippen LogP contribution in [0.1, 0.15) is 29.1 Å². The van der Waals surface area contributed by atoms with Gasteiger partial charge in [0.15, 0.2) is 11.6 Å². The van der Waals surface area contributed by atoms with E-state index >= 15 is 0 Å². The molecule has 1 rings (SSSR count). The molecule has 1 heterocycles. The van der Waals surface area contributed by atoms with Gasteiger partial charge in [-0.3, -0.25) is 0 Å². The van der Waals surface area contributed by atoms with Crippen LogP contribution in [0.25, 0.3) is 0 Å². The largest absolute Gasteiger partial charge is 0.460 e. The predicted molar refractivity (Wildman–Crippen MR) is 42.2 cm³/mol. The fourth-order valence-electron chi connectivity index (χ4n) is 0.954. The van der Waals surface area contributed by atoms with Crippen molar-refractivity contribution in [2.45, 2.75) is 20.0 Å². The Morgan fingerprint density at radius 2 is 2.13 bits per heavy atom. The zero-order valence-corrected chi connectivity index (χ0v) is 8.01. The van der Waals surface area contributed by atoms with E-state index in [0.29, 0.717) is 0 Å². The molecule has 0 N–H and O–H groups in total. The number of aryl methyl sites for hydroxylation is 1. The van der Waals surface area contributed by atoms with Crippen molar-refractivity contribution in [3.8, 4) is 0 Å². The highest BCUT2D eigenvalue weighted by molar-refractivity contribution is 5.87. The molecule has 0 aliphatic heterocycles. The Labute approximate surface area is 83.0 Å². The van der Waals surface area contributed by atoms with Crippen LogP contribution in [0.15, 0.2) is 4.42 Å². The Morgan fingerprint density at radius 1 is 1.53 bits per heavy atom. The van der Waals surface area contributed by atoms with Gasteiger partial charge in [0.2, 0.25) is 5.76 Å². The van der Waals surface area contributed by atoms with Crippen molar-refractivity contribution in [2.24, 2.45) is 0 Å². The molecule has 0 amide bonds. The molecule has 0 saturated heterocycles. The smallest absolute Gasteiger partial charge is 0.437 e. The third-order valence-corrected chi connectivity index (χ3v) is 1.46. The van der Waals surface area contributed by atoms with Crippen LogP contribution < -0.4 is 0 Å². The quantitative estimate of drug-likeness (QED) is 0.721. The van der Waals surface area contributed by atoms with Crippen molar-refractivity contribution < 1.29 is 27.1 Å². The lowest BCUT2D eigenvalue weighted by Crippen LogP contribution is -2.14. The summed E-state index contributed by atoms with van der Waals surface area (Å²) in [6.07, 6.45) is -4.72. The van der Waals surface area contributed by atoms with Crippen LogP contribution >= 0.6 is 0 Å². The van der Waals surface area contributed by atoms with E-state index in [9.17, 15) is 18.0 Å². The number of carbonyl (C=O) groups is 1. The van der Waals surface area contributed by atoms with Crippen LogP contribution in [-0.4, -0.2) is 17.6 Å². The van der Waals surface area contributed by atoms with Crippen LogP contribution in [0.5, 0.6) is 0 Å². The van der Waals surface area contributed by atoms with Gasteiger partial charge in [-0.05, 0) is 6.92 Å². The van der Waals surface area contributed by atoms with E-state index in [1.54, 1.807) is 0 Å². The predicted octanol–water partition coefficient (Wildman–Crippen LogP) is 2.18. The average molecular weight is 223 g/mol. The molecule has 1 aromatic rings. The first-order valence-corrected chi connectivity index (χ1v) is 4.08. The molecule has 0 spiro atoms. The summed E-state index contributed by atoms with van der Waals surface area (Å²) in [5.41, 5.74) is -1.35. The fourth-order valence-corrected chi connectivity index (χ4v) is 0.954. The molecule has 4 nitrogen and oxygen atoms in total. The molecular formula is C8H8F3NO3. The van der Waals surface area contributed by atoms with Crippen LogP contribution in [-0.2, 0) is 10.9 Å². The van der Waals surface area contributed by atoms with Gasteiger partial charge >= 0.3 is 12.1 Å². The van der Waals surface area contributed by atoms with Gasteiger partial charge < -0.3 is 9.15 Å². The molecule has 0 radical (unpaired) electrons. The monoisotopic (exact) mass is 223 g/mol. The topological polar surface area (TPSA) is 52.3 Å². The minimum Gasteiger partial charge on any atom is -0.460 e. The Balaban J connectivity index is 3.12. The normalized spacial score (nSPS) is 11.5. The first kappa shape index (κ1) is 11.5. The zero-order valence-electron chi connectivity index (χ0n) is 8.01. The fraction of sp³-hybridized carbons (Fsp3) is 0.500. The highest BCUT2D eigenvalue weighted by atomic mass is 19.4. The molecule has 15 heavy (non-hydrogen) atoms. The molecule has 7 heteroatoms. The van der Waals surface area contributed by atoms with E-state index in [0.717, 1.165) is 0 Å². The summed E-state index contributed by atoms with van der Waals surface area (Å²) in [6.45, 7) is 2.67. The second-order valence-corrected chi connectivity index (χ2v) is 2.63. The number of ether oxygens (including phenoxy) is 1. The Hall–Kier alpha value is -1.53. The van der Waals surface area contributed by atoms with Crippen molar-refractivity contribution >= 4 is 5.97 Å². The summed E-state index contributed by atoms with van der Waals surface area (Å²) >= 11 is 0. The number of rotatable bonds is 2. The number of hydrogen-bond acceptors (Lipinski definition) is 4. The lowest BCUT2D eigenvalue weighted by atomic mass is 10.3. The van der Waals surface area contributed by atoms with E-state index in [2.05, 4.69) is 14.1 Å². The summed E-state index contributed by atoms with van der Waals surface area (Å²) < 4.78 is 46.0. The molecule has 0 aromatic carbocycles. The van der Waals surface area contributed by atoms with Gasteiger partial charge in [0.25, 0.3) is 0 Å². The molecule has 1 aromatic heterocycles. The number of carbonyl (C=O) groups excluding carboxylic acids is 1. The lowest BCUT2D eigenvalue weighted by molar-refractivity contribution is -0.141. The highest BCUT2D eigenvalue weighted by Gasteiger charge is 2.41. The van der Waals surface area contributed by atoms with Gasteiger partial charge in [-0.25, -0.2) is 9.78 Å². The van der Waals surface area contributed by atoms with Crippen molar-refractivity contribution in [2.75, 3.05) is 6.61 Å². The van der Waals surface area contributed by atoms with E-state index in [4.69, 9.17) is 0 Å². The number of halogens is 3. The standard InChI is InChI=1S/C8H8F3NO3/c1-3-14-7(13)5-6(8(9,10)11)12-4(2)15-5/h3H2,1-2H3. The van der Waals surface area contributed by atoms with E-state index in [1.165, 1.54) is 13.8 Å². The summed E-state index contributed by atoms with van der Waals surface area (Å²) in [4.78, 5) is 14.2. The van der Waals surface area contributed by atoms with Crippen molar-refractivity contribution in [1.82, 2.24) is 4.98 Å². The third kappa shape index (κ3) is 2.48. The Morgan fingerprint density at radius 3 is 2.60 bits per heavy atom. The number of aromatic nitrogens is 1. The number of nitrogens with zero attached hydrogens (tertiary/aromatic N) is 1. The van der Waals surface area contributed by atoms with Crippen molar-refractivity contribution in [3.05, 3.63) is 17.3 Å². The van der Waals surface area contributed by atoms with Gasteiger partial charge in [0.1, 0.15) is 0 Å². The van der Waals surface area contributed by atoms with E-state index < -0.39 is 23.6 Å². The maximum Gasteiger partial charge on any atom is 0.437 e. The first-order chi connectivity index (χ1) is 6.86. The van der Waals surface area contributed by atoms with Gasteiger partial charge in [-0.1, -0.05) is 0 Å². The minimum absolute atomic E-state index is 0.0319. The average Bonchev–Trinajstić information content (AvgIpc) is 2.47. The Bertz CT molecular complexity index is 370. The van der Waals surface area contributed by atoms with Crippen molar-refractivity contribution in [3.63, 3.8) is 0 Å². The third-order valence-electron chi connectivity index (χ3n) is 1.46. The SMILES string of the molecule is CCOC(=O)c1oc(C)nc1C(F)(F)F. The lowest BCUT2D eigenvalue weighted by Gasteiger charge is -2.03. The first-order valence-electron chi connectivity index (χ1n) is 4.08. The maximum absolute atomic E-state index is 12.3. The van der Waals surface area contributed by atoms with Gasteiger partial charge in [-0.15, -0.1) is 0 Å². The second-order valence-electron chi connectivity index (χ2n) is 2.63. The molecular weight excluding hydrogens is 215 g/mol. The number of oxazole rings is 1. The zero-order chi connectivity index (χ0) is 11.6. The molecule has 0 aliphatic rings. The summed E-state index contributed by atoms with van der Waals surface area (Å²) in [5, 5.41) is 0. The molecule has 0 bridgehead atoms. The summed E-state index contributed by atoms with van der Waals surface area (Å²) in [5.74, 6) is -2.29. The van der Waals surface area contributed by atoms with Crippen LogP contribution in [0.3, 0.4) is 0 Å². The van der Waals surface area contributed by atoms with Gasteiger partial charge in [-0.2, -0.15) is 13.2 Å². The molecule has 84 valence electrons. The van der Waals surface area contributed by atoms with E-state index in [1.807, 2.05) is 0 Å². The van der Waals surface area contributed by atoms with E-state index in [-0.39, 0.29) is 12.5 Å². The second kappa shape index (κ2) is 3.92. The van der Waals surface area contributed by atoms with Crippen LogP contribution in [0.4, 0.5) is 13.2 Å². The molecule has 0 saturated carbocycles. The van der Waals surface area contributed by atoms with Gasteiger partial charge in [0, 0.05) is 6.92 Å². The molecule has 0 unspecified atom stereocenters. The Kier molecular flexibility index (Phi) is 3.01. The molecule has 0 atom stereocenters. The number of hydrogen-bond donors (Lipinski definition) is 0. The van der Waals surface area contributed by atoms with Gasteiger partial charge in [0.05, 0.1) is 6.61 Å². The number of esters is 1. The van der Waals surface area contributed by atoms with Crippen LogP contribution in [0, 0.1) is 6.92 Å². The summed E-state index contributed by atoms with van der Waals surface area (Å²) in [6, 6.07) is 0. The van der Waals surface area contributed by atoms with Crippen LogP contribution in [0.2, 0.25) is 0 Å². The summed E-state index contributed by atoms with van der Waals surface area (Å²) in [7, 11) is 0. The maximum atomic E-state index is 12.3. The molecule has 0 fully saturated rings. The minimum atomic E-state index is -4.72.